The summed E-state index contributed by atoms with van der Waals surface area (Å²) in [6, 6.07) is 2.01. The highest BCUT2D eigenvalue weighted by atomic mass is 32.2. The molecule has 1 fully saturated rings. The first-order valence-electron chi connectivity index (χ1n) is 7.50. The smallest absolute Gasteiger partial charge is 0.408 e. The third-order valence-corrected chi connectivity index (χ3v) is 6.33. The predicted molar refractivity (Wildman–Crippen MR) is 84.7 cm³/mol. The van der Waals surface area contributed by atoms with Crippen molar-refractivity contribution in [3.05, 3.63) is 28.5 Å². The van der Waals surface area contributed by atoms with Gasteiger partial charge in [-0.1, -0.05) is 13.8 Å². The van der Waals surface area contributed by atoms with E-state index in [1.165, 1.54) is 4.31 Å². The van der Waals surface area contributed by atoms with Gasteiger partial charge in [-0.2, -0.15) is 4.31 Å². The van der Waals surface area contributed by atoms with Gasteiger partial charge in [-0.25, -0.2) is 17.6 Å². The highest BCUT2D eigenvalue weighted by Gasteiger charge is 2.41. The van der Waals surface area contributed by atoms with Crippen LogP contribution in [-0.2, 0) is 14.8 Å². The molecule has 1 aromatic carbocycles. The summed E-state index contributed by atoms with van der Waals surface area (Å²) >= 11 is 0. The molecule has 1 saturated heterocycles. The molecule has 1 aromatic heterocycles. The van der Waals surface area contributed by atoms with Crippen LogP contribution in [0.25, 0.3) is 11.1 Å². The fraction of sp³-hybridized carbons (Fsp3) is 0.533. The molecule has 9 heteroatoms. The molecule has 0 saturated carbocycles. The van der Waals surface area contributed by atoms with Gasteiger partial charge in [0.25, 0.3) is 0 Å². The number of ether oxygens (including phenoxy) is 1. The van der Waals surface area contributed by atoms with Gasteiger partial charge in [0.1, 0.15) is 10.7 Å². The molecule has 0 bridgehead atoms. The van der Waals surface area contributed by atoms with Crippen molar-refractivity contribution < 1.29 is 22.0 Å². The number of piperidine rings is 1. The van der Waals surface area contributed by atoms with Crippen molar-refractivity contribution in [1.82, 2.24) is 9.29 Å². The molecule has 2 heterocycles. The van der Waals surface area contributed by atoms with E-state index in [2.05, 4.69) is 4.98 Å². The lowest BCUT2D eigenvalue weighted by atomic mass is 9.82. The lowest BCUT2D eigenvalue weighted by Gasteiger charge is -2.42. The second kappa shape index (κ2) is 5.68. The van der Waals surface area contributed by atoms with Crippen LogP contribution in [0.15, 0.2) is 26.2 Å². The van der Waals surface area contributed by atoms with Gasteiger partial charge in [0.05, 0.1) is 11.6 Å². The summed E-state index contributed by atoms with van der Waals surface area (Å²) in [5, 5.41) is 0. The number of aromatic amines is 1. The van der Waals surface area contributed by atoms with Gasteiger partial charge in [0.15, 0.2) is 5.58 Å². The average molecular weight is 358 g/mol. The van der Waals surface area contributed by atoms with E-state index in [0.717, 1.165) is 12.1 Å². The van der Waals surface area contributed by atoms with E-state index in [0.29, 0.717) is 6.42 Å². The van der Waals surface area contributed by atoms with Gasteiger partial charge < -0.3 is 9.15 Å². The number of hydrogen-bond donors (Lipinski definition) is 1. The molecule has 0 amide bonds. The molecule has 3 rings (SSSR count). The van der Waals surface area contributed by atoms with Gasteiger partial charge in [-0.15, -0.1) is 0 Å². The molecular formula is C15H19FN2O5S. The maximum absolute atomic E-state index is 14.3. The molecule has 0 spiro atoms. The Morgan fingerprint density at radius 1 is 1.42 bits per heavy atom. The Morgan fingerprint density at radius 3 is 2.75 bits per heavy atom. The number of fused-ring (bicyclic) bond motifs is 1. The number of aromatic nitrogens is 1. The second-order valence-corrected chi connectivity index (χ2v) is 8.54. The van der Waals surface area contributed by atoms with Crippen LogP contribution in [0.1, 0.15) is 20.3 Å². The molecule has 7 nitrogen and oxygen atoms in total. The largest absolute Gasteiger partial charge is 0.417 e. The van der Waals surface area contributed by atoms with Crippen LogP contribution in [0.3, 0.4) is 0 Å². The number of sulfonamides is 1. The zero-order valence-electron chi connectivity index (χ0n) is 13.6. The summed E-state index contributed by atoms with van der Waals surface area (Å²) in [7, 11) is -2.46. The number of halogens is 1. The monoisotopic (exact) mass is 358 g/mol. The van der Waals surface area contributed by atoms with Gasteiger partial charge in [-0.05, 0) is 6.42 Å². The molecule has 1 aliphatic rings. The van der Waals surface area contributed by atoms with Crippen LogP contribution < -0.4 is 5.76 Å². The Hall–Kier alpha value is -1.71. The van der Waals surface area contributed by atoms with Crippen molar-refractivity contribution in [3.8, 4) is 0 Å². The number of methoxy groups -OCH3 is 1. The average Bonchev–Trinajstić information content (AvgIpc) is 2.84. The fourth-order valence-corrected chi connectivity index (χ4v) is 4.91. The first-order chi connectivity index (χ1) is 11.1. The van der Waals surface area contributed by atoms with E-state index in [9.17, 15) is 17.6 Å². The van der Waals surface area contributed by atoms with Crippen LogP contribution in [-0.4, -0.2) is 44.0 Å². The highest BCUT2D eigenvalue weighted by molar-refractivity contribution is 7.89. The third kappa shape index (κ3) is 2.76. The quantitative estimate of drug-likeness (QED) is 0.901. The van der Waals surface area contributed by atoms with Crippen LogP contribution in [0.4, 0.5) is 4.39 Å². The molecule has 132 valence electrons. The van der Waals surface area contributed by atoms with Crippen molar-refractivity contribution in [1.29, 1.82) is 0 Å². The van der Waals surface area contributed by atoms with Gasteiger partial charge in [0, 0.05) is 37.7 Å². The number of nitrogens with one attached hydrogen (secondary N) is 1. The standard InChI is InChI=1S/C15H19FN2O5S/c1-15(2)8-18(5-4-13(15)22-3)24(20,21)12-7-11-10(6-9(12)16)17-14(19)23-11/h6-7,13H,4-5,8H2,1-3H3,(H,17,19). The molecule has 0 radical (unpaired) electrons. The molecule has 0 aliphatic carbocycles. The Morgan fingerprint density at radius 2 is 2.12 bits per heavy atom. The summed E-state index contributed by atoms with van der Waals surface area (Å²) in [5.41, 5.74) is -0.276. The minimum atomic E-state index is -4.05. The number of nitrogens with zero attached hydrogens (tertiary/aromatic N) is 1. The highest BCUT2D eigenvalue weighted by Crippen LogP contribution is 2.35. The minimum Gasteiger partial charge on any atom is -0.408 e. The Bertz CT molecular complexity index is 931. The topological polar surface area (TPSA) is 92.6 Å². The van der Waals surface area contributed by atoms with Crippen molar-refractivity contribution in [3.63, 3.8) is 0 Å². The molecule has 1 atom stereocenters. The lowest BCUT2D eigenvalue weighted by molar-refractivity contribution is -0.0326. The van der Waals surface area contributed by atoms with E-state index in [-0.39, 0.29) is 30.3 Å². The number of rotatable bonds is 3. The zero-order chi connectivity index (χ0) is 17.7. The van der Waals surface area contributed by atoms with E-state index >= 15 is 0 Å². The van der Waals surface area contributed by atoms with Crippen molar-refractivity contribution in [2.24, 2.45) is 5.41 Å². The van der Waals surface area contributed by atoms with E-state index < -0.39 is 31.9 Å². The number of benzene rings is 1. The summed E-state index contributed by atoms with van der Waals surface area (Å²) in [4.78, 5) is 13.0. The maximum Gasteiger partial charge on any atom is 0.417 e. The first kappa shape index (κ1) is 17.1. The fourth-order valence-electron chi connectivity index (χ4n) is 3.22. The van der Waals surface area contributed by atoms with Gasteiger partial charge in [-0.3, -0.25) is 4.98 Å². The van der Waals surface area contributed by atoms with Gasteiger partial charge in [0.2, 0.25) is 10.0 Å². The number of oxazole rings is 1. The number of hydrogen-bond acceptors (Lipinski definition) is 5. The lowest BCUT2D eigenvalue weighted by Crippen LogP contribution is -2.51. The molecular weight excluding hydrogens is 339 g/mol. The van der Waals surface area contributed by atoms with Crippen molar-refractivity contribution in [2.75, 3.05) is 20.2 Å². The van der Waals surface area contributed by atoms with E-state index in [1.807, 2.05) is 13.8 Å². The molecule has 24 heavy (non-hydrogen) atoms. The van der Waals surface area contributed by atoms with E-state index in [1.54, 1.807) is 7.11 Å². The predicted octanol–water partition coefficient (Wildman–Crippen LogP) is 1.70. The second-order valence-electron chi connectivity index (χ2n) is 6.63. The van der Waals surface area contributed by atoms with Crippen molar-refractivity contribution >= 4 is 21.1 Å². The Labute approximate surface area is 138 Å². The zero-order valence-corrected chi connectivity index (χ0v) is 14.4. The minimum absolute atomic E-state index is 0.00557. The Kier molecular flexibility index (Phi) is 4.05. The van der Waals surface area contributed by atoms with Crippen LogP contribution >= 0.6 is 0 Å². The van der Waals surface area contributed by atoms with Crippen molar-refractivity contribution in [2.45, 2.75) is 31.3 Å². The third-order valence-electron chi connectivity index (χ3n) is 4.47. The van der Waals surface area contributed by atoms with E-state index in [4.69, 9.17) is 9.15 Å². The summed E-state index contributed by atoms with van der Waals surface area (Å²) in [5.74, 6) is -1.69. The Balaban J connectivity index is 2.02. The van der Waals surface area contributed by atoms with Crippen LogP contribution in [0.2, 0.25) is 0 Å². The molecule has 1 unspecified atom stereocenters. The normalized spacial score (nSPS) is 22.1. The molecule has 1 N–H and O–H groups in total. The summed E-state index contributed by atoms with van der Waals surface area (Å²) in [6.45, 7) is 4.27. The summed E-state index contributed by atoms with van der Waals surface area (Å²) < 4.78 is 51.5. The van der Waals surface area contributed by atoms with Gasteiger partial charge >= 0.3 is 5.76 Å². The van der Waals surface area contributed by atoms with Crippen LogP contribution in [0.5, 0.6) is 0 Å². The summed E-state index contributed by atoms with van der Waals surface area (Å²) in [6.07, 6.45) is 0.449. The molecule has 1 aliphatic heterocycles. The maximum atomic E-state index is 14.3. The molecule has 2 aromatic rings. The number of H-pyrrole nitrogens is 1. The van der Waals surface area contributed by atoms with Crippen LogP contribution in [0, 0.1) is 11.2 Å². The SMILES string of the molecule is COC1CCN(S(=O)(=O)c2cc3oc(=O)[nH]c3cc2F)CC1(C)C. The first-order valence-corrected chi connectivity index (χ1v) is 8.94.